The smallest absolute Gasteiger partial charge is 0.419 e. The molecule has 23 heavy (non-hydrogen) atoms. The van der Waals surface area contributed by atoms with Crippen molar-refractivity contribution in [3.8, 4) is 0 Å². The first kappa shape index (κ1) is 21.8. The summed E-state index contributed by atoms with van der Waals surface area (Å²) in [5.41, 5.74) is 9.03. The maximum Gasteiger partial charge on any atom is 2.00 e. The van der Waals surface area contributed by atoms with Gasteiger partial charge >= 0.3 is 16.8 Å². The molecule has 0 saturated carbocycles. The van der Waals surface area contributed by atoms with Gasteiger partial charge in [-0.2, -0.15) is 22.3 Å². The summed E-state index contributed by atoms with van der Waals surface area (Å²) in [7, 11) is 0. The Balaban J connectivity index is 0.000000403. The van der Waals surface area contributed by atoms with Crippen molar-refractivity contribution >= 4 is 12.6 Å². The fourth-order valence-electron chi connectivity index (χ4n) is 3.06. The zero-order valence-corrected chi connectivity index (χ0v) is 16.3. The molecule has 0 aromatic rings. The van der Waals surface area contributed by atoms with Crippen LogP contribution in [0.15, 0.2) is 44.6 Å². The molecule has 1 radical (unpaired) electrons. The van der Waals surface area contributed by atoms with Gasteiger partial charge in [-0.05, 0) is 38.3 Å². The third-order valence-electron chi connectivity index (χ3n) is 5.50. The second-order valence-electron chi connectivity index (χ2n) is 6.34. The molecule has 0 amide bonds. The van der Waals surface area contributed by atoms with E-state index in [-0.39, 0.29) is 28.6 Å². The van der Waals surface area contributed by atoms with E-state index in [0.717, 1.165) is 22.3 Å². The molecule has 2 atom stereocenters. The molecule has 2 rings (SSSR count). The van der Waals surface area contributed by atoms with Gasteiger partial charge in [0.1, 0.15) is 0 Å². The minimum absolute atomic E-state index is 0. The molecule has 0 aromatic heterocycles. The van der Waals surface area contributed by atoms with Crippen LogP contribution in [-0.2, 0) is 26.4 Å². The fraction of sp³-hybridized carbons (Fsp3) is 0.500. The first-order valence-corrected chi connectivity index (χ1v) is 7.72. The summed E-state index contributed by atoms with van der Waals surface area (Å²) in [5, 5.41) is 0. The fourth-order valence-corrected chi connectivity index (χ4v) is 3.06. The van der Waals surface area contributed by atoms with E-state index in [9.17, 15) is 9.59 Å². The Morgan fingerprint density at radius 3 is 0.957 bits per heavy atom. The Hall–Kier alpha value is -1.19. The van der Waals surface area contributed by atoms with Gasteiger partial charge in [0.2, 0.25) is 0 Å². The van der Waals surface area contributed by atoms with Crippen LogP contribution in [0.25, 0.3) is 0 Å². The van der Waals surface area contributed by atoms with Gasteiger partial charge in [0, 0.05) is 0 Å². The minimum Gasteiger partial charge on any atom is -0.419 e. The number of rotatable bonds is 2. The third kappa shape index (κ3) is 4.02. The van der Waals surface area contributed by atoms with E-state index in [2.05, 4.69) is 41.5 Å². The van der Waals surface area contributed by atoms with Gasteiger partial charge in [-0.1, -0.05) is 38.8 Å². The minimum atomic E-state index is 0. The average molecular weight is 357 g/mol. The SMILES string of the molecule is CC1=C(C)C(C)C([C-]=O)=C1C.CC1=C(C)C(C)C([C-]=O)=C1C.[Co+2]. The van der Waals surface area contributed by atoms with Crippen molar-refractivity contribution in [2.75, 3.05) is 0 Å². The monoisotopic (exact) mass is 357 g/mol. The van der Waals surface area contributed by atoms with Crippen LogP contribution in [0.3, 0.4) is 0 Å². The van der Waals surface area contributed by atoms with Crippen LogP contribution in [0, 0.1) is 11.8 Å². The Kier molecular flexibility index (Phi) is 8.15. The molecule has 2 unspecified atom stereocenters. The maximum absolute atomic E-state index is 10.5. The Bertz CT molecular complexity index is 574. The summed E-state index contributed by atoms with van der Waals surface area (Å²) in [4.78, 5) is 21.0. The molecule has 3 heteroatoms. The predicted molar refractivity (Wildman–Crippen MR) is 91.9 cm³/mol. The van der Waals surface area contributed by atoms with Gasteiger partial charge in [0.05, 0.1) is 0 Å². The predicted octanol–water partition coefficient (Wildman–Crippen LogP) is 4.79. The molecule has 0 fully saturated rings. The number of allylic oxidation sites excluding steroid dienone is 8. The summed E-state index contributed by atoms with van der Waals surface area (Å²) in [6, 6.07) is 0. The number of hydrogen-bond donors (Lipinski definition) is 0. The van der Waals surface area contributed by atoms with Crippen LogP contribution in [-0.4, -0.2) is 12.6 Å². The molecule has 0 spiro atoms. The van der Waals surface area contributed by atoms with Gasteiger partial charge in [0.15, 0.2) is 0 Å². The van der Waals surface area contributed by atoms with Crippen molar-refractivity contribution in [2.45, 2.75) is 55.4 Å². The Labute approximate surface area is 151 Å². The summed E-state index contributed by atoms with van der Waals surface area (Å²) >= 11 is 0. The zero-order chi connectivity index (χ0) is 17.2. The van der Waals surface area contributed by atoms with Gasteiger partial charge in [0.25, 0.3) is 0 Å². The quantitative estimate of drug-likeness (QED) is 0.666. The topological polar surface area (TPSA) is 34.1 Å². The van der Waals surface area contributed by atoms with E-state index in [1.54, 1.807) is 0 Å². The van der Waals surface area contributed by atoms with E-state index in [1.807, 2.05) is 26.4 Å². The average Bonchev–Trinajstić information content (AvgIpc) is 2.81. The first-order valence-electron chi connectivity index (χ1n) is 7.72. The first-order chi connectivity index (χ1) is 10.2. The van der Waals surface area contributed by atoms with Crippen molar-refractivity contribution in [2.24, 2.45) is 11.8 Å². The van der Waals surface area contributed by atoms with Crippen LogP contribution in [0.2, 0.25) is 0 Å². The summed E-state index contributed by atoms with van der Waals surface area (Å²) in [6.07, 6.45) is 4.02. The molecular weight excluding hydrogens is 331 g/mol. The van der Waals surface area contributed by atoms with E-state index in [1.165, 1.54) is 22.3 Å². The second kappa shape index (κ2) is 8.60. The molecule has 0 heterocycles. The molecule has 0 N–H and O–H groups in total. The van der Waals surface area contributed by atoms with Gasteiger partial charge in [-0.3, -0.25) is 0 Å². The van der Waals surface area contributed by atoms with Crippen LogP contribution in [0.4, 0.5) is 0 Å². The van der Waals surface area contributed by atoms with Crippen LogP contribution >= 0.6 is 0 Å². The zero-order valence-electron chi connectivity index (χ0n) is 15.3. The summed E-state index contributed by atoms with van der Waals surface area (Å²) in [5.74, 6) is 0.569. The molecule has 2 aliphatic rings. The molecule has 0 aliphatic heterocycles. The standard InChI is InChI=1S/2C10H13O.Co/c2*1-6-7(2)9(4)10(5-11)8(6)3;/h2*8H,1-4H3;/q2*-1;+2. The van der Waals surface area contributed by atoms with Gasteiger partial charge in [-0.15, -0.1) is 25.0 Å². The van der Waals surface area contributed by atoms with Crippen molar-refractivity contribution in [3.05, 3.63) is 44.6 Å². The van der Waals surface area contributed by atoms with E-state index >= 15 is 0 Å². The van der Waals surface area contributed by atoms with Crippen molar-refractivity contribution in [1.82, 2.24) is 0 Å². The molecule has 0 aromatic carbocycles. The third-order valence-corrected chi connectivity index (χ3v) is 5.50. The largest absolute Gasteiger partial charge is 2.00 e. The van der Waals surface area contributed by atoms with E-state index < -0.39 is 0 Å². The van der Waals surface area contributed by atoms with E-state index in [4.69, 9.17) is 0 Å². The Morgan fingerprint density at radius 1 is 0.609 bits per heavy atom. The Morgan fingerprint density at radius 2 is 0.870 bits per heavy atom. The summed E-state index contributed by atoms with van der Waals surface area (Å²) in [6.45, 7) is 16.4. The van der Waals surface area contributed by atoms with Crippen LogP contribution in [0.5, 0.6) is 0 Å². The van der Waals surface area contributed by atoms with Crippen molar-refractivity contribution in [1.29, 1.82) is 0 Å². The van der Waals surface area contributed by atoms with Gasteiger partial charge in [-0.25, -0.2) is 0 Å². The van der Waals surface area contributed by atoms with Gasteiger partial charge < -0.3 is 9.59 Å². The van der Waals surface area contributed by atoms with Crippen molar-refractivity contribution < 1.29 is 26.4 Å². The normalized spacial score (nSPS) is 23.8. The molecular formula is C20H26CoO2. The molecule has 0 bridgehead atoms. The maximum atomic E-state index is 10.5. The molecule has 2 nitrogen and oxygen atoms in total. The van der Waals surface area contributed by atoms with E-state index in [0.29, 0.717) is 0 Å². The number of carbonyl (C=O) groups excluding carboxylic acids is 2. The second-order valence-corrected chi connectivity index (χ2v) is 6.34. The molecule has 2 aliphatic carbocycles. The molecule has 127 valence electrons. The van der Waals surface area contributed by atoms with Crippen LogP contribution in [0.1, 0.15) is 55.4 Å². The summed E-state index contributed by atoms with van der Waals surface area (Å²) < 4.78 is 0. The van der Waals surface area contributed by atoms with Crippen LogP contribution < -0.4 is 0 Å². The molecule has 0 saturated heterocycles. The number of hydrogen-bond acceptors (Lipinski definition) is 2. The van der Waals surface area contributed by atoms with Crippen molar-refractivity contribution in [3.63, 3.8) is 0 Å².